The van der Waals surface area contributed by atoms with Crippen LogP contribution in [0, 0.1) is 11.3 Å². The molecule has 1 saturated heterocycles. The molecule has 1 aliphatic heterocycles. The molecule has 0 bridgehead atoms. The number of nitrogens with zero attached hydrogens (tertiary/aromatic N) is 1. The summed E-state index contributed by atoms with van der Waals surface area (Å²) in [6.07, 6.45) is 9.91. The van der Waals surface area contributed by atoms with Crippen molar-refractivity contribution in [2.75, 3.05) is 13.2 Å². The largest absolute Gasteiger partial charge is 0.394 e. The van der Waals surface area contributed by atoms with Crippen molar-refractivity contribution < 1.29 is 9.90 Å². The normalized spacial score (nSPS) is 26.8. The molecule has 1 aliphatic carbocycles. The van der Waals surface area contributed by atoms with Crippen LogP contribution in [0.2, 0.25) is 0 Å². The zero-order chi connectivity index (χ0) is 14.6. The first-order chi connectivity index (χ1) is 9.59. The van der Waals surface area contributed by atoms with E-state index in [0.29, 0.717) is 11.8 Å². The van der Waals surface area contributed by atoms with Crippen LogP contribution in [-0.2, 0) is 4.79 Å². The number of aliphatic hydroxyl groups is 1. The van der Waals surface area contributed by atoms with Gasteiger partial charge in [0, 0.05) is 12.0 Å². The van der Waals surface area contributed by atoms with E-state index in [1.807, 2.05) is 4.90 Å². The van der Waals surface area contributed by atoms with E-state index >= 15 is 0 Å². The number of carbonyl (C=O) groups excluding carboxylic acids is 1. The fraction of sp³-hybridized carbons (Fsp3) is 0.941. The van der Waals surface area contributed by atoms with Crippen molar-refractivity contribution in [2.24, 2.45) is 11.3 Å². The van der Waals surface area contributed by atoms with Crippen LogP contribution in [0.3, 0.4) is 0 Å². The third-order valence-electron chi connectivity index (χ3n) is 5.16. The van der Waals surface area contributed by atoms with Gasteiger partial charge in [-0.05, 0) is 38.0 Å². The van der Waals surface area contributed by atoms with E-state index in [1.165, 1.54) is 19.3 Å². The van der Waals surface area contributed by atoms with Gasteiger partial charge in [0.1, 0.15) is 0 Å². The Morgan fingerprint density at radius 2 is 1.90 bits per heavy atom. The smallest absolute Gasteiger partial charge is 0.229 e. The lowest BCUT2D eigenvalue weighted by Crippen LogP contribution is -2.49. The SMILES string of the molecule is CC(C)CC1(C(=O)N2CCCCCC2CO)CCCC1. The van der Waals surface area contributed by atoms with Gasteiger partial charge in [-0.3, -0.25) is 4.79 Å². The third kappa shape index (κ3) is 3.36. The molecular formula is C17H31NO2. The first-order valence-corrected chi connectivity index (χ1v) is 8.51. The summed E-state index contributed by atoms with van der Waals surface area (Å²) < 4.78 is 0. The molecule has 1 amide bonds. The first kappa shape index (κ1) is 15.8. The van der Waals surface area contributed by atoms with Gasteiger partial charge in [-0.15, -0.1) is 0 Å². The van der Waals surface area contributed by atoms with E-state index in [9.17, 15) is 9.90 Å². The molecule has 0 aromatic carbocycles. The first-order valence-electron chi connectivity index (χ1n) is 8.51. The number of hydrogen-bond acceptors (Lipinski definition) is 2. The van der Waals surface area contributed by atoms with Crippen molar-refractivity contribution in [1.82, 2.24) is 4.90 Å². The standard InChI is InChI=1S/C17H31NO2/c1-14(2)12-17(9-5-6-10-17)16(20)18-11-7-3-4-8-15(18)13-19/h14-15,19H,3-13H2,1-2H3. The van der Waals surface area contributed by atoms with Crippen LogP contribution in [0.4, 0.5) is 0 Å². The highest BCUT2D eigenvalue weighted by Crippen LogP contribution is 2.45. The van der Waals surface area contributed by atoms with E-state index in [1.54, 1.807) is 0 Å². The maximum absolute atomic E-state index is 13.2. The lowest BCUT2D eigenvalue weighted by atomic mass is 9.77. The summed E-state index contributed by atoms with van der Waals surface area (Å²) >= 11 is 0. The highest BCUT2D eigenvalue weighted by molar-refractivity contribution is 5.83. The zero-order valence-electron chi connectivity index (χ0n) is 13.2. The van der Waals surface area contributed by atoms with Crippen molar-refractivity contribution in [3.63, 3.8) is 0 Å². The quantitative estimate of drug-likeness (QED) is 0.858. The lowest BCUT2D eigenvalue weighted by Gasteiger charge is -2.38. The summed E-state index contributed by atoms with van der Waals surface area (Å²) in [5.41, 5.74) is -0.119. The molecule has 1 unspecified atom stereocenters. The molecule has 2 fully saturated rings. The molecule has 0 spiro atoms. The summed E-state index contributed by atoms with van der Waals surface area (Å²) in [7, 11) is 0. The number of likely N-dealkylation sites (tertiary alicyclic amines) is 1. The van der Waals surface area contributed by atoms with Gasteiger partial charge in [0.2, 0.25) is 5.91 Å². The van der Waals surface area contributed by atoms with Gasteiger partial charge < -0.3 is 10.0 Å². The Labute approximate surface area is 123 Å². The maximum Gasteiger partial charge on any atom is 0.229 e. The molecule has 2 aliphatic rings. The minimum Gasteiger partial charge on any atom is -0.394 e. The van der Waals surface area contributed by atoms with E-state index in [-0.39, 0.29) is 18.1 Å². The van der Waals surface area contributed by atoms with Crippen LogP contribution in [0.1, 0.15) is 71.6 Å². The van der Waals surface area contributed by atoms with Crippen LogP contribution < -0.4 is 0 Å². The summed E-state index contributed by atoms with van der Waals surface area (Å²) in [5.74, 6) is 0.918. The number of amides is 1. The maximum atomic E-state index is 13.2. The average molecular weight is 281 g/mol. The Morgan fingerprint density at radius 3 is 2.50 bits per heavy atom. The second-order valence-corrected chi connectivity index (χ2v) is 7.27. The predicted octanol–water partition coefficient (Wildman–Crippen LogP) is 3.36. The Bertz CT molecular complexity index is 321. The van der Waals surface area contributed by atoms with Gasteiger partial charge in [0.05, 0.1) is 12.6 Å². The van der Waals surface area contributed by atoms with Crippen LogP contribution in [0.15, 0.2) is 0 Å². The van der Waals surface area contributed by atoms with E-state index in [0.717, 1.165) is 45.1 Å². The van der Waals surface area contributed by atoms with Crippen molar-refractivity contribution in [3.8, 4) is 0 Å². The molecule has 0 aromatic rings. The molecule has 1 N–H and O–H groups in total. The fourth-order valence-corrected chi connectivity index (χ4v) is 4.28. The number of carbonyl (C=O) groups is 1. The van der Waals surface area contributed by atoms with Crippen molar-refractivity contribution in [3.05, 3.63) is 0 Å². The van der Waals surface area contributed by atoms with Crippen molar-refractivity contribution >= 4 is 5.91 Å². The molecule has 1 heterocycles. The monoisotopic (exact) mass is 281 g/mol. The minimum atomic E-state index is -0.119. The van der Waals surface area contributed by atoms with Crippen molar-refractivity contribution in [1.29, 1.82) is 0 Å². The fourth-order valence-electron chi connectivity index (χ4n) is 4.28. The van der Waals surface area contributed by atoms with E-state index < -0.39 is 0 Å². The lowest BCUT2D eigenvalue weighted by molar-refractivity contribution is -0.146. The Morgan fingerprint density at radius 1 is 1.20 bits per heavy atom. The predicted molar refractivity (Wildman–Crippen MR) is 81.4 cm³/mol. The van der Waals surface area contributed by atoms with Gasteiger partial charge in [0.25, 0.3) is 0 Å². The molecule has 0 radical (unpaired) electrons. The second-order valence-electron chi connectivity index (χ2n) is 7.27. The van der Waals surface area contributed by atoms with Gasteiger partial charge >= 0.3 is 0 Å². The summed E-state index contributed by atoms with van der Waals surface area (Å²) in [4.78, 5) is 15.2. The van der Waals surface area contributed by atoms with Crippen LogP contribution >= 0.6 is 0 Å². The molecule has 116 valence electrons. The molecular weight excluding hydrogens is 250 g/mol. The number of hydrogen-bond donors (Lipinski definition) is 1. The van der Waals surface area contributed by atoms with Crippen LogP contribution in [-0.4, -0.2) is 35.1 Å². The molecule has 3 heteroatoms. The molecule has 0 aromatic heterocycles. The summed E-state index contributed by atoms with van der Waals surface area (Å²) in [5, 5.41) is 9.65. The van der Waals surface area contributed by atoms with Gasteiger partial charge in [-0.2, -0.15) is 0 Å². The third-order valence-corrected chi connectivity index (χ3v) is 5.16. The van der Waals surface area contributed by atoms with E-state index in [2.05, 4.69) is 13.8 Å². The van der Waals surface area contributed by atoms with Crippen molar-refractivity contribution in [2.45, 2.75) is 77.7 Å². The Kier molecular flexibility index (Phi) is 5.48. The molecule has 1 saturated carbocycles. The Balaban J connectivity index is 2.16. The zero-order valence-corrected chi connectivity index (χ0v) is 13.2. The minimum absolute atomic E-state index is 0.0645. The van der Waals surface area contributed by atoms with Crippen LogP contribution in [0.5, 0.6) is 0 Å². The summed E-state index contributed by atoms with van der Waals surface area (Å²) in [6, 6.07) is 0.0645. The van der Waals surface area contributed by atoms with Gasteiger partial charge in [0.15, 0.2) is 0 Å². The number of aliphatic hydroxyl groups excluding tert-OH is 1. The molecule has 3 nitrogen and oxygen atoms in total. The second kappa shape index (κ2) is 6.93. The number of rotatable bonds is 4. The van der Waals surface area contributed by atoms with Gasteiger partial charge in [-0.25, -0.2) is 0 Å². The highest BCUT2D eigenvalue weighted by Gasteiger charge is 2.45. The topological polar surface area (TPSA) is 40.5 Å². The van der Waals surface area contributed by atoms with Gasteiger partial charge in [-0.1, -0.05) is 39.5 Å². The Hall–Kier alpha value is -0.570. The average Bonchev–Trinajstić information content (AvgIpc) is 2.75. The van der Waals surface area contributed by atoms with E-state index in [4.69, 9.17) is 0 Å². The highest BCUT2D eigenvalue weighted by atomic mass is 16.3. The molecule has 1 atom stereocenters. The van der Waals surface area contributed by atoms with Crippen LogP contribution in [0.25, 0.3) is 0 Å². The summed E-state index contributed by atoms with van der Waals surface area (Å²) in [6.45, 7) is 5.42. The molecule has 2 rings (SSSR count). The molecule has 20 heavy (non-hydrogen) atoms.